The summed E-state index contributed by atoms with van der Waals surface area (Å²) in [5.41, 5.74) is 21.4. The lowest BCUT2D eigenvalue weighted by molar-refractivity contribution is 1.07. The van der Waals surface area contributed by atoms with Gasteiger partial charge in [0.25, 0.3) is 0 Å². The molecule has 0 bridgehead atoms. The van der Waals surface area contributed by atoms with Crippen molar-refractivity contribution in [3.8, 4) is 107 Å². The highest BCUT2D eigenvalue weighted by Crippen LogP contribution is 2.46. The number of para-hydroxylation sites is 4. The number of benzene rings is 14. The molecule has 0 aliphatic heterocycles. The fourth-order valence-electron chi connectivity index (χ4n) is 15.1. The smallest absolute Gasteiger partial charge is 0.164 e. The molecule has 0 saturated heterocycles. The summed E-state index contributed by atoms with van der Waals surface area (Å²) in [5, 5.41) is 9.63. The zero-order valence-electron chi connectivity index (χ0n) is 53.8. The van der Waals surface area contributed by atoms with Crippen LogP contribution < -0.4 is 0 Å². The molecule has 0 aliphatic rings. The highest BCUT2D eigenvalue weighted by molar-refractivity contribution is 7.26. The Morgan fingerprint density at radius 2 is 0.650 bits per heavy atom. The number of hydrogen-bond donors (Lipinski definition) is 0. The largest absolute Gasteiger partial charge is 0.309 e. The molecule has 6 heterocycles. The van der Waals surface area contributed by atoms with Gasteiger partial charge >= 0.3 is 0 Å². The summed E-state index contributed by atoms with van der Waals surface area (Å²) in [6.07, 6.45) is 0. The van der Waals surface area contributed by atoms with Crippen LogP contribution in [0.4, 0.5) is 0 Å². The molecule has 100 heavy (non-hydrogen) atoms. The van der Waals surface area contributed by atoms with Crippen molar-refractivity contribution in [2.45, 2.75) is 0 Å². The average Bonchev–Trinajstić information content (AvgIpc) is 1.56. The Morgan fingerprint density at radius 3 is 1.32 bits per heavy atom. The number of nitrogens with zero attached hydrogens (tertiary/aromatic N) is 8. The predicted molar refractivity (Wildman–Crippen MR) is 415 cm³/mol. The van der Waals surface area contributed by atoms with Gasteiger partial charge in [-0.15, -0.1) is 11.3 Å². The molecule has 0 unspecified atom stereocenters. The summed E-state index contributed by atoms with van der Waals surface area (Å²) in [6.45, 7) is 0. The fourth-order valence-corrected chi connectivity index (χ4v) is 16.4. The molecule has 0 atom stereocenters. The molecule has 0 N–H and O–H groups in total. The van der Waals surface area contributed by atoms with Crippen molar-refractivity contribution in [3.05, 3.63) is 340 Å². The summed E-state index contributed by atoms with van der Waals surface area (Å²) in [5.74, 6) is 2.41. The lowest BCUT2D eigenvalue weighted by Crippen LogP contribution is -2.01. The maximum atomic E-state index is 5.43. The third kappa shape index (κ3) is 9.46. The minimum atomic E-state index is 0.579. The Balaban J connectivity index is 0.743. The topological polar surface area (TPSA) is 79.2 Å². The van der Waals surface area contributed by atoms with Gasteiger partial charge in [-0.2, -0.15) is 0 Å². The van der Waals surface area contributed by atoms with Crippen LogP contribution in [0.3, 0.4) is 0 Å². The van der Waals surface area contributed by atoms with Crippen LogP contribution in [0.5, 0.6) is 0 Å². The van der Waals surface area contributed by atoms with Crippen molar-refractivity contribution in [3.63, 3.8) is 0 Å². The van der Waals surface area contributed by atoms with E-state index in [4.69, 9.17) is 24.9 Å². The van der Waals surface area contributed by atoms with Crippen molar-refractivity contribution in [2.75, 3.05) is 0 Å². The van der Waals surface area contributed by atoms with E-state index in [0.717, 1.165) is 122 Å². The van der Waals surface area contributed by atoms with Crippen molar-refractivity contribution < 1.29 is 0 Å². The molecule has 9 heteroatoms. The van der Waals surface area contributed by atoms with Gasteiger partial charge < -0.3 is 13.7 Å². The summed E-state index contributed by atoms with van der Waals surface area (Å²) < 4.78 is 9.80. The van der Waals surface area contributed by atoms with Crippen LogP contribution >= 0.6 is 11.3 Å². The molecular formula is C91H56N8S. The van der Waals surface area contributed by atoms with Gasteiger partial charge in [-0.3, -0.25) is 0 Å². The molecule has 0 saturated carbocycles. The van der Waals surface area contributed by atoms with Crippen LogP contribution in [-0.4, -0.2) is 38.6 Å². The molecule has 0 aliphatic carbocycles. The maximum Gasteiger partial charge on any atom is 0.164 e. The van der Waals surface area contributed by atoms with Gasteiger partial charge in [0.05, 0.1) is 49.2 Å². The Hall–Kier alpha value is -13.2. The number of rotatable bonds is 11. The van der Waals surface area contributed by atoms with Crippen LogP contribution in [0.2, 0.25) is 0 Å². The predicted octanol–water partition coefficient (Wildman–Crippen LogP) is 23.7. The summed E-state index contributed by atoms with van der Waals surface area (Å²) >= 11 is 1.85. The first-order valence-electron chi connectivity index (χ1n) is 33.7. The van der Waals surface area contributed by atoms with E-state index in [-0.39, 0.29) is 0 Å². The maximum absolute atomic E-state index is 5.43. The van der Waals surface area contributed by atoms with Crippen molar-refractivity contribution >= 4 is 96.9 Å². The average molecular weight is 1290 g/mol. The van der Waals surface area contributed by atoms with Gasteiger partial charge in [0.15, 0.2) is 23.3 Å². The Bertz CT molecular complexity index is 6530. The standard InChI is InChI=1S/C91H56N8S/c1-4-23-57(24-5-1)62-29-20-30-63(51-62)90-94-89(95-91(96-90)64-31-21-32-66(52-64)99-81-41-17-12-35-72(81)74-49-50-75-73-36-14-19-44-84(73)100-87(75)86(74)99)61-47-45-58(46-48-61)69-38-22-43-83-85(69)76-37-13-18-42-82(76)98(83)68-54-65(53-67(55-68)97-79-39-15-10-33-70(79)71-34-11-16-40-80(71)97)78-56-77(59-25-6-2-7-26-59)92-88(93-78)60-27-8-3-9-28-60/h1-56H. The van der Waals surface area contributed by atoms with Gasteiger partial charge in [-0.05, 0) is 101 Å². The quantitative estimate of drug-likeness (QED) is 0.129. The third-order valence-corrected chi connectivity index (χ3v) is 20.9. The zero-order valence-corrected chi connectivity index (χ0v) is 54.6. The molecule has 0 radical (unpaired) electrons. The number of aromatic nitrogens is 8. The minimum absolute atomic E-state index is 0.579. The van der Waals surface area contributed by atoms with E-state index >= 15 is 0 Å². The van der Waals surface area contributed by atoms with Gasteiger partial charge in [-0.25, -0.2) is 24.9 Å². The van der Waals surface area contributed by atoms with E-state index in [1.807, 2.05) is 35.6 Å². The van der Waals surface area contributed by atoms with Crippen LogP contribution in [0.25, 0.3) is 193 Å². The lowest BCUT2D eigenvalue weighted by atomic mass is 9.98. The number of thiophene rings is 1. The fraction of sp³-hybridized carbons (Fsp3) is 0. The van der Waals surface area contributed by atoms with Gasteiger partial charge in [-0.1, -0.05) is 261 Å². The second-order valence-electron chi connectivity index (χ2n) is 25.5. The number of hydrogen-bond acceptors (Lipinski definition) is 6. The second-order valence-corrected chi connectivity index (χ2v) is 26.6. The van der Waals surface area contributed by atoms with E-state index in [1.54, 1.807) is 0 Å². The molecule has 0 fully saturated rings. The van der Waals surface area contributed by atoms with Gasteiger partial charge in [0.1, 0.15) is 0 Å². The van der Waals surface area contributed by atoms with E-state index in [9.17, 15) is 0 Å². The van der Waals surface area contributed by atoms with E-state index in [1.165, 1.54) is 47.2 Å². The first-order valence-corrected chi connectivity index (χ1v) is 34.5. The van der Waals surface area contributed by atoms with Crippen molar-refractivity contribution in [2.24, 2.45) is 0 Å². The number of fused-ring (bicyclic) bond motifs is 13. The van der Waals surface area contributed by atoms with Crippen molar-refractivity contribution in [1.29, 1.82) is 0 Å². The summed E-state index contributed by atoms with van der Waals surface area (Å²) in [6, 6.07) is 121. The van der Waals surface area contributed by atoms with Crippen LogP contribution in [0.1, 0.15) is 0 Å². The van der Waals surface area contributed by atoms with E-state index in [2.05, 4.69) is 329 Å². The molecule has 8 nitrogen and oxygen atoms in total. The van der Waals surface area contributed by atoms with E-state index < -0.39 is 0 Å². The molecule has 0 spiro atoms. The SMILES string of the molecule is c1ccc(-c2cccc(-c3nc(-c4ccc(-c5cccc6c5c5ccccc5n6-c5cc(-c6cc(-c7ccccc7)nc(-c7ccccc7)n6)cc(-n6c7ccccc7c7ccccc76)c5)cc4)nc(-c4cccc(-n5c6ccccc6c6ccc7c8ccccc8sc7c65)c4)n3)c2)cc1. The molecule has 0 amide bonds. The van der Waals surface area contributed by atoms with Crippen LogP contribution in [-0.2, 0) is 0 Å². The Kier molecular flexibility index (Phi) is 13.3. The molecule has 14 aromatic carbocycles. The third-order valence-electron chi connectivity index (χ3n) is 19.7. The lowest BCUT2D eigenvalue weighted by Gasteiger charge is -2.16. The molecule has 466 valence electrons. The Labute approximate surface area is 579 Å². The summed E-state index contributed by atoms with van der Waals surface area (Å²) in [7, 11) is 0. The van der Waals surface area contributed by atoms with Gasteiger partial charge in [0, 0.05) is 98.2 Å². The second kappa shape index (κ2) is 23.3. The van der Waals surface area contributed by atoms with Crippen LogP contribution in [0.15, 0.2) is 340 Å². The minimum Gasteiger partial charge on any atom is -0.309 e. The van der Waals surface area contributed by atoms with Crippen LogP contribution in [0, 0.1) is 0 Å². The Morgan fingerprint density at radius 1 is 0.220 bits per heavy atom. The van der Waals surface area contributed by atoms with E-state index in [0.29, 0.717) is 23.3 Å². The first-order chi connectivity index (χ1) is 49.6. The highest BCUT2D eigenvalue weighted by Gasteiger charge is 2.24. The van der Waals surface area contributed by atoms with Crippen molar-refractivity contribution in [1.82, 2.24) is 38.6 Å². The highest BCUT2D eigenvalue weighted by atomic mass is 32.1. The summed E-state index contributed by atoms with van der Waals surface area (Å²) in [4.78, 5) is 26.8. The molecular weight excluding hydrogens is 1240 g/mol. The molecule has 20 rings (SSSR count). The zero-order chi connectivity index (χ0) is 65.8. The molecule has 20 aromatic rings. The molecule has 6 aromatic heterocycles. The monoisotopic (exact) mass is 1290 g/mol. The first kappa shape index (κ1) is 57.1. The van der Waals surface area contributed by atoms with Gasteiger partial charge in [0.2, 0.25) is 0 Å². The normalized spacial score (nSPS) is 11.8.